The molecule has 0 amide bonds. The van der Waals surface area contributed by atoms with Crippen molar-refractivity contribution in [2.45, 2.75) is 19.6 Å². The fourth-order valence-electron chi connectivity index (χ4n) is 0.885. The van der Waals surface area contributed by atoms with E-state index in [9.17, 15) is 0 Å². The third kappa shape index (κ3) is 1.14. The van der Waals surface area contributed by atoms with Crippen molar-refractivity contribution >= 4 is 0 Å². The molecule has 1 fully saturated rings. The Balaban J connectivity index is 2.26. The quantitative estimate of drug-likeness (QED) is 0.448. The van der Waals surface area contributed by atoms with Crippen molar-refractivity contribution in [3.63, 3.8) is 0 Å². The van der Waals surface area contributed by atoms with E-state index in [-0.39, 0.29) is 6.23 Å². The van der Waals surface area contributed by atoms with Gasteiger partial charge in [0.1, 0.15) is 6.23 Å². The van der Waals surface area contributed by atoms with E-state index >= 15 is 0 Å². The molecular weight excluding hydrogens is 90.1 g/mol. The second-order valence-corrected chi connectivity index (χ2v) is 2.26. The van der Waals surface area contributed by atoms with Gasteiger partial charge >= 0.3 is 0 Å². The lowest BCUT2D eigenvalue weighted by atomic mass is 10.1. The molecule has 0 aromatic heterocycles. The second kappa shape index (κ2) is 1.80. The normalized spacial score (nSPS) is 42.0. The lowest BCUT2D eigenvalue weighted by Crippen LogP contribution is -2.19. The first-order chi connectivity index (χ1) is 3.29. The molecule has 2 atom stereocenters. The molecule has 1 heterocycles. The molecule has 0 bridgehead atoms. The predicted molar refractivity (Wildman–Crippen MR) is 27.8 cm³/mol. The van der Waals surface area contributed by atoms with Crippen LogP contribution in [-0.2, 0) is 0 Å². The highest BCUT2D eigenvalue weighted by molar-refractivity contribution is 4.69. The maximum absolute atomic E-state index is 8.79. The largest absolute Gasteiger partial charge is 0.379 e. The van der Waals surface area contributed by atoms with Crippen LogP contribution >= 0.6 is 0 Å². The van der Waals surface area contributed by atoms with Gasteiger partial charge in [-0.2, -0.15) is 0 Å². The highest BCUT2D eigenvalue weighted by atomic mass is 16.3. The zero-order chi connectivity index (χ0) is 5.28. The fourth-order valence-corrected chi connectivity index (χ4v) is 0.885. The molecule has 1 saturated heterocycles. The Hall–Kier alpha value is -0.0800. The Labute approximate surface area is 43.5 Å². The molecule has 2 N–H and O–H groups in total. The summed E-state index contributed by atoms with van der Waals surface area (Å²) in [6.07, 6.45) is 0.690. The van der Waals surface area contributed by atoms with Crippen molar-refractivity contribution in [1.29, 1.82) is 0 Å². The fraction of sp³-hybridized carbons (Fsp3) is 1.00. The van der Waals surface area contributed by atoms with E-state index in [1.165, 1.54) is 0 Å². The van der Waals surface area contributed by atoms with Crippen LogP contribution in [0.4, 0.5) is 0 Å². The Bertz CT molecular complexity index is 57.1. The van der Waals surface area contributed by atoms with Crippen LogP contribution in [0.15, 0.2) is 0 Å². The Morgan fingerprint density at radius 2 is 2.43 bits per heavy atom. The summed E-state index contributed by atoms with van der Waals surface area (Å²) in [5, 5.41) is 11.7. The summed E-state index contributed by atoms with van der Waals surface area (Å²) >= 11 is 0. The number of aliphatic hydroxyl groups is 1. The maximum Gasteiger partial charge on any atom is 0.105 e. The van der Waals surface area contributed by atoms with E-state index in [4.69, 9.17) is 5.11 Å². The average Bonchev–Trinajstić information content (AvgIpc) is 1.87. The second-order valence-electron chi connectivity index (χ2n) is 2.26. The van der Waals surface area contributed by atoms with Crippen LogP contribution < -0.4 is 5.32 Å². The van der Waals surface area contributed by atoms with Gasteiger partial charge in [0.25, 0.3) is 0 Å². The van der Waals surface area contributed by atoms with Crippen LogP contribution in [0.1, 0.15) is 13.3 Å². The number of hydrogen-bond acceptors (Lipinski definition) is 2. The van der Waals surface area contributed by atoms with Crippen LogP contribution in [0.25, 0.3) is 0 Å². The molecule has 1 aliphatic heterocycles. The molecule has 2 heteroatoms. The summed E-state index contributed by atoms with van der Waals surface area (Å²) in [6, 6.07) is 0. The predicted octanol–water partition coefficient (Wildman–Crippen LogP) is -0.0658. The van der Waals surface area contributed by atoms with Gasteiger partial charge in [0, 0.05) is 6.54 Å². The zero-order valence-electron chi connectivity index (χ0n) is 4.52. The Morgan fingerprint density at radius 1 is 1.71 bits per heavy atom. The van der Waals surface area contributed by atoms with Gasteiger partial charge in [-0.1, -0.05) is 6.92 Å². The molecule has 7 heavy (non-hydrogen) atoms. The van der Waals surface area contributed by atoms with Gasteiger partial charge in [-0.25, -0.2) is 0 Å². The minimum Gasteiger partial charge on any atom is -0.379 e. The molecule has 0 saturated carbocycles. The minimum absolute atomic E-state index is 0.227. The molecular formula is C5H11NO. The van der Waals surface area contributed by atoms with Crippen LogP contribution in [0.5, 0.6) is 0 Å². The van der Waals surface area contributed by atoms with Crippen molar-refractivity contribution in [2.24, 2.45) is 5.92 Å². The molecule has 0 aromatic rings. The van der Waals surface area contributed by atoms with Crippen molar-refractivity contribution < 1.29 is 5.11 Å². The van der Waals surface area contributed by atoms with Crippen molar-refractivity contribution in [2.75, 3.05) is 6.54 Å². The van der Waals surface area contributed by atoms with E-state index in [1.54, 1.807) is 0 Å². The Morgan fingerprint density at radius 3 is 2.57 bits per heavy atom. The SMILES string of the molecule is C[C@H]1CN[C@@H](O)C1. The van der Waals surface area contributed by atoms with Crippen molar-refractivity contribution in [3.05, 3.63) is 0 Å². The summed E-state index contributed by atoms with van der Waals surface area (Å²) < 4.78 is 0. The van der Waals surface area contributed by atoms with Crippen molar-refractivity contribution in [1.82, 2.24) is 5.32 Å². The van der Waals surface area contributed by atoms with Crippen LogP contribution in [0, 0.1) is 5.92 Å². The van der Waals surface area contributed by atoms with Gasteiger partial charge in [0.2, 0.25) is 0 Å². The third-order valence-corrected chi connectivity index (χ3v) is 1.33. The molecule has 0 spiro atoms. The molecule has 2 nitrogen and oxygen atoms in total. The van der Waals surface area contributed by atoms with Gasteiger partial charge in [-0.15, -0.1) is 0 Å². The topological polar surface area (TPSA) is 32.3 Å². The molecule has 42 valence electrons. The van der Waals surface area contributed by atoms with E-state index in [0.717, 1.165) is 13.0 Å². The van der Waals surface area contributed by atoms with E-state index in [2.05, 4.69) is 12.2 Å². The number of rotatable bonds is 0. The lowest BCUT2D eigenvalue weighted by Gasteiger charge is -1.95. The van der Waals surface area contributed by atoms with E-state index in [1.807, 2.05) is 0 Å². The van der Waals surface area contributed by atoms with E-state index in [0.29, 0.717) is 5.92 Å². The summed E-state index contributed by atoms with van der Waals surface area (Å²) in [6.45, 7) is 3.10. The molecule has 0 radical (unpaired) electrons. The zero-order valence-corrected chi connectivity index (χ0v) is 4.52. The summed E-state index contributed by atoms with van der Waals surface area (Å²) in [5.74, 6) is 0.662. The number of nitrogens with one attached hydrogen (secondary N) is 1. The first kappa shape index (κ1) is 5.06. The molecule has 1 aliphatic rings. The number of hydrogen-bond donors (Lipinski definition) is 2. The monoisotopic (exact) mass is 101 g/mol. The van der Waals surface area contributed by atoms with Crippen LogP contribution in [0.3, 0.4) is 0 Å². The highest BCUT2D eigenvalue weighted by Gasteiger charge is 2.16. The van der Waals surface area contributed by atoms with Crippen LogP contribution in [0.2, 0.25) is 0 Å². The number of aliphatic hydroxyl groups excluding tert-OH is 1. The first-order valence-electron chi connectivity index (χ1n) is 2.70. The molecule has 1 rings (SSSR count). The smallest absolute Gasteiger partial charge is 0.105 e. The third-order valence-electron chi connectivity index (χ3n) is 1.33. The van der Waals surface area contributed by atoms with Crippen LogP contribution in [-0.4, -0.2) is 17.9 Å². The minimum atomic E-state index is -0.227. The van der Waals surface area contributed by atoms with E-state index < -0.39 is 0 Å². The molecule has 0 aliphatic carbocycles. The maximum atomic E-state index is 8.79. The average molecular weight is 101 g/mol. The summed E-state index contributed by atoms with van der Waals surface area (Å²) in [4.78, 5) is 0. The molecule has 0 aromatic carbocycles. The Kier molecular flexibility index (Phi) is 1.30. The standard InChI is InChI=1S/C5H11NO/c1-4-2-5(7)6-3-4/h4-7H,2-3H2,1H3/t4-,5+/m1/s1. The van der Waals surface area contributed by atoms with Gasteiger partial charge in [-0.3, -0.25) is 5.32 Å². The molecule has 0 unspecified atom stereocenters. The van der Waals surface area contributed by atoms with Gasteiger partial charge in [0.15, 0.2) is 0 Å². The van der Waals surface area contributed by atoms with Gasteiger partial charge < -0.3 is 5.11 Å². The van der Waals surface area contributed by atoms with Gasteiger partial charge in [0.05, 0.1) is 0 Å². The summed E-state index contributed by atoms with van der Waals surface area (Å²) in [5.41, 5.74) is 0. The first-order valence-corrected chi connectivity index (χ1v) is 2.70. The lowest BCUT2D eigenvalue weighted by molar-refractivity contribution is 0.157. The van der Waals surface area contributed by atoms with Gasteiger partial charge in [-0.05, 0) is 12.3 Å². The van der Waals surface area contributed by atoms with Crippen molar-refractivity contribution in [3.8, 4) is 0 Å². The summed E-state index contributed by atoms with van der Waals surface area (Å²) in [7, 11) is 0. The highest BCUT2D eigenvalue weighted by Crippen LogP contribution is 2.09.